The van der Waals surface area contributed by atoms with Crippen molar-refractivity contribution in [3.8, 4) is 0 Å². The molecule has 0 spiro atoms. The molecule has 11 heavy (non-hydrogen) atoms. The minimum Gasteiger partial charge on any atom is -0.281 e. The third-order valence-corrected chi connectivity index (χ3v) is 2.04. The first kappa shape index (κ1) is 11.0. The average molecular weight is 177 g/mol. The highest BCUT2D eigenvalue weighted by Gasteiger charge is 2.01. The minimum absolute atomic E-state index is 0.200. The molecule has 0 heterocycles. The fraction of sp³-hybridized carbons (Fsp3) is 0.889. The molecule has 1 unspecified atom stereocenters. The van der Waals surface area contributed by atoms with Crippen molar-refractivity contribution in [3.63, 3.8) is 0 Å². The summed E-state index contributed by atoms with van der Waals surface area (Å²) < 4.78 is 0. The Hall–Kier alpha value is -0.0400. The van der Waals surface area contributed by atoms with E-state index in [-0.39, 0.29) is 5.24 Å². The summed E-state index contributed by atoms with van der Waals surface area (Å²) in [6, 6.07) is 0. The van der Waals surface area contributed by atoms with Gasteiger partial charge in [0.1, 0.15) is 0 Å². The first-order chi connectivity index (χ1) is 5.16. The Balaban J connectivity index is 3.16. The van der Waals surface area contributed by atoms with E-state index in [0.29, 0.717) is 6.42 Å². The van der Waals surface area contributed by atoms with Crippen molar-refractivity contribution in [1.82, 2.24) is 0 Å². The van der Waals surface area contributed by atoms with Gasteiger partial charge in [-0.05, 0) is 23.9 Å². The third kappa shape index (κ3) is 7.86. The minimum atomic E-state index is -0.200. The van der Waals surface area contributed by atoms with Crippen LogP contribution in [0.15, 0.2) is 0 Å². The molecule has 0 aromatic rings. The SMILES string of the molecule is CCCC(C)CCCC(=O)Cl. The smallest absolute Gasteiger partial charge is 0.221 e. The molecular weight excluding hydrogens is 160 g/mol. The zero-order valence-electron chi connectivity index (χ0n) is 7.40. The van der Waals surface area contributed by atoms with Gasteiger partial charge in [0.25, 0.3) is 0 Å². The highest BCUT2D eigenvalue weighted by Crippen LogP contribution is 2.13. The molecule has 0 radical (unpaired) electrons. The Morgan fingerprint density at radius 3 is 2.55 bits per heavy atom. The van der Waals surface area contributed by atoms with E-state index in [2.05, 4.69) is 13.8 Å². The normalized spacial score (nSPS) is 13.0. The number of carbonyl (C=O) groups excluding carboxylic acids is 1. The zero-order chi connectivity index (χ0) is 8.69. The van der Waals surface area contributed by atoms with Gasteiger partial charge in [-0.25, -0.2) is 0 Å². The fourth-order valence-corrected chi connectivity index (χ4v) is 1.36. The van der Waals surface area contributed by atoms with E-state index >= 15 is 0 Å². The summed E-state index contributed by atoms with van der Waals surface area (Å²) in [4.78, 5) is 10.3. The second kappa shape index (κ2) is 6.66. The van der Waals surface area contributed by atoms with E-state index in [0.717, 1.165) is 18.8 Å². The average Bonchev–Trinajstić information content (AvgIpc) is 1.87. The molecule has 66 valence electrons. The van der Waals surface area contributed by atoms with Gasteiger partial charge >= 0.3 is 0 Å². The largest absolute Gasteiger partial charge is 0.281 e. The van der Waals surface area contributed by atoms with Crippen molar-refractivity contribution in [2.75, 3.05) is 0 Å². The van der Waals surface area contributed by atoms with E-state index in [1.54, 1.807) is 0 Å². The van der Waals surface area contributed by atoms with Crippen molar-refractivity contribution < 1.29 is 4.79 Å². The van der Waals surface area contributed by atoms with Crippen LogP contribution in [0.2, 0.25) is 0 Å². The molecule has 1 nitrogen and oxygen atoms in total. The van der Waals surface area contributed by atoms with Crippen LogP contribution in [0.25, 0.3) is 0 Å². The highest BCUT2D eigenvalue weighted by molar-refractivity contribution is 6.63. The second-order valence-electron chi connectivity index (χ2n) is 3.14. The van der Waals surface area contributed by atoms with Crippen LogP contribution >= 0.6 is 11.6 Å². The van der Waals surface area contributed by atoms with Crippen LogP contribution in [0.3, 0.4) is 0 Å². The van der Waals surface area contributed by atoms with Gasteiger partial charge in [0.2, 0.25) is 5.24 Å². The molecule has 0 saturated heterocycles. The van der Waals surface area contributed by atoms with Crippen molar-refractivity contribution in [3.05, 3.63) is 0 Å². The summed E-state index contributed by atoms with van der Waals surface area (Å²) >= 11 is 5.20. The first-order valence-electron chi connectivity index (χ1n) is 4.35. The molecule has 0 amide bonds. The standard InChI is InChI=1S/C9H17ClO/c1-3-5-8(2)6-4-7-9(10)11/h8H,3-7H2,1-2H3. The van der Waals surface area contributed by atoms with Gasteiger partial charge in [-0.3, -0.25) is 4.79 Å². The van der Waals surface area contributed by atoms with Crippen LogP contribution < -0.4 is 0 Å². The summed E-state index contributed by atoms with van der Waals surface area (Å²) in [5, 5.41) is -0.200. The van der Waals surface area contributed by atoms with Crippen LogP contribution in [0, 0.1) is 5.92 Å². The van der Waals surface area contributed by atoms with E-state index < -0.39 is 0 Å². The van der Waals surface area contributed by atoms with Crippen LogP contribution in [0.5, 0.6) is 0 Å². The van der Waals surface area contributed by atoms with Gasteiger partial charge in [-0.2, -0.15) is 0 Å². The fourth-order valence-electron chi connectivity index (χ4n) is 1.23. The van der Waals surface area contributed by atoms with Crippen LogP contribution in [-0.4, -0.2) is 5.24 Å². The van der Waals surface area contributed by atoms with Gasteiger partial charge < -0.3 is 0 Å². The zero-order valence-corrected chi connectivity index (χ0v) is 8.16. The maximum absolute atomic E-state index is 10.3. The van der Waals surface area contributed by atoms with Crippen molar-refractivity contribution in [2.45, 2.75) is 46.0 Å². The lowest BCUT2D eigenvalue weighted by Gasteiger charge is -2.07. The van der Waals surface area contributed by atoms with Crippen LogP contribution in [0.1, 0.15) is 46.0 Å². The lowest BCUT2D eigenvalue weighted by Crippen LogP contribution is -1.95. The van der Waals surface area contributed by atoms with Crippen LogP contribution in [-0.2, 0) is 4.79 Å². The molecule has 0 N–H and O–H groups in total. The van der Waals surface area contributed by atoms with E-state index in [1.165, 1.54) is 12.8 Å². The molecule has 0 aromatic carbocycles. The quantitative estimate of drug-likeness (QED) is 0.568. The number of rotatable bonds is 6. The Morgan fingerprint density at radius 1 is 1.45 bits per heavy atom. The van der Waals surface area contributed by atoms with E-state index in [9.17, 15) is 4.79 Å². The summed E-state index contributed by atoms with van der Waals surface area (Å²) in [6.07, 6.45) is 5.11. The molecular formula is C9H17ClO. The molecule has 0 saturated carbocycles. The molecule has 0 rings (SSSR count). The van der Waals surface area contributed by atoms with Gasteiger partial charge in [0.15, 0.2) is 0 Å². The predicted octanol–water partition coefficient (Wildman–Crippen LogP) is 3.36. The molecule has 0 fully saturated rings. The Kier molecular flexibility index (Phi) is 6.63. The number of carbonyl (C=O) groups is 1. The van der Waals surface area contributed by atoms with Crippen molar-refractivity contribution in [2.24, 2.45) is 5.92 Å². The Morgan fingerprint density at radius 2 is 2.09 bits per heavy atom. The molecule has 0 aromatic heterocycles. The highest BCUT2D eigenvalue weighted by atomic mass is 35.5. The predicted molar refractivity (Wildman–Crippen MR) is 48.8 cm³/mol. The van der Waals surface area contributed by atoms with E-state index in [4.69, 9.17) is 11.6 Å². The first-order valence-corrected chi connectivity index (χ1v) is 4.73. The maximum Gasteiger partial charge on any atom is 0.221 e. The summed E-state index contributed by atoms with van der Waals surface area (Å²) in [5.41, 5.74) is 0. The Bertz CT molecular complexity index is 112. The molecule has 0 aliphatic heterocycles. The lowest BCUT2D eigenvalue weighted by molar-refractivity contribution is -0.111. The topological polar surface area (TPSA) is 17.1 Å². The maximum atomic E-state index is 10.3. The Labute approximate surface area is 74.1 Å². The number of halogens is 1. The summed E-state index contributed by atoms with van der Waals surface area (Å²) in [6.45, 7) is 4.41. The van der Waals surface area contributed by atoms with E-state index in [1.807, 2.05) is 0 Å². The second-order valence-corrected chi connectivity index (χ2v) is 3.56. The molecule has 1 atom stereocenters. The molecule has 0 aliphatic rings. The van der Waals surface area contributed by atoms with Gasteiger partial charge in [0, 0.05) is 6.42 Å². The molecule has 0 aliphatic carbocycles. The van der Waals surface area contributed by atoms with Crippen molar-refractivity contribution in [1.29, 1.82) is 0 Å². The number of hydrogen-bond donors (Lipinski definition) is 0. The van der Waals surface area contributed by atoms with Crippen LogP contribution in [0.4, 0.5) is 0 Å². The lowest BCUT2D eigenvalue weighted by atomic mass is 10.00. The number of hydrogen-bond acceptors (Lipinski definition) is 1. The molecule has 0 bridgehead atoms. The monoisotopic (exact) mass is 176 g/mol. The third-order valence-electron chi connectivity index (χ3n) is 1.85. The summed E-state index contributed by atoms with van der Waals surface area (Å²) in [5.74, 6) is 0.746. The van der Waals surface area contributed by atoms with Gasteiger partial charge in [-0.1, -0.05) is 33.1 Å². The van der Waals surface area contributed by atoms with Gasteiger partial charge in [0.05, 0.1) is 0 Å². The van der Waals surface area contributed by atoms with Crippen molar-refractivity contribution >= 4 is 16.8 Å². The van der Waals surface area contributed by atoms with Gasteiger partial charge in [-0.15, -0.1) is 0 Å². The molecule has 2 heteroatoms. The summed E-state index contributed by atoms with van der Waals surface area (Å²) in [7, 11) is 0.